The van der Waals surface area contributed by atoms with E-state index in [0.29, 0.717) is 17.8 Å². The zero-order chi connectivity index (χ0) is 20.8. The number of amides is 1. The first-order valence-electron chi connectivity index (χ1n) is 9.89. The van der Waals surface area contributed by atoms with Crippen LogP contribution in [0.15, 0.2) is 24.5 Å². The Bertz CT molecular complexity index is 1270. The Morgan fingerprint density at radius 1 is 1.17 bits per heavy atom. The Hall–Kier alpha value is -3.40. The molecule has 0 unspecified atom stereocenters. The molecule has 2 N–H and O–H groups in total. The molecule has 4 aromatic heterocycles. The molecule has 30 heavy (non-hydrogen) atoms. The van der Waals surface area contributed by atoms with Crippen LogP contribution < -0.4 is 10.6 Å². The van der Waals surface area contributed by atoms with E-state index < -0.39 is 5.82 Å². The van der Waals surface area contributed by atoms with Crippen molar-refractivity contribution in [1.29, 1.82) is 0 Å². The quantitative estimate of drug-likeness (QED) is 0.539. The van der Waals surface area contributed by atoms with Crippen LogP contribution in [0.25, 0.3) is 22.6 Å². The molecular formula is C20H21FN8O. The molecule has 0 saturated carbocycles. The number of carbonyl (C=O) groups excluding carboxylic acids is 1. The molecule has 154 valence electrons. The number of nitrogens with one attached hydrogen (secondary N) is 2. The third-order valence-electron chi connectivity index (χ3n) is 5.32. The number of anilines is 1. The number of piperidine rings is 1. The number of aromatic nitrogens is 6. The van der Waals surface area contributed by atoms with Gasteiger partial charge in [-0.15, -0.1) is 5.10 Å². The van der Waals surface area contributed by atoms with Gasteiger partial charge >= 0.3 is 0 Å². The molecule has 1 atom stereocenters. The van der Waals surface area contributed by atoms with Gasteiger partial charge in [-0.3, -0.25) is 10.1 Å². The van der Waals surface area contributed by atoms with Crippen molar-refractivity contribution in [3.63, 3.8) is 0 Å². The van der Waals surface area contributed by atoms with Crippen LogP contribution in [0.1, 0.15) is 24.1 Å². The van der Waals surface area contributed by atoms with E-state index in [2.05, 4.69) is 30.8 Å². The van der Waals surface area contributed by atoms with Crippen molar-refractivity contribution in [3.8, 4) is 11.3 Å². The maximum absolute atomic E-state index is 14.8. The van der Waals surface area contributed by atoms with Gasteiger partial charge < -0.3 is 5.32 Å². The summed E-state index contributed by atoms with van der Waals surface area (Å²) in [4.78, 5) is 21.0. The Kier molecular flexibility index (Phi) is 4.43. The van der Waals surface area contributed by atoms with Crippen molar-refractivity contribution < 1.29 is 9.18 Å². The first kappa shape index (κ1) is 18.6. The van der Waals surface area contributed by atoms with Crippen LogP contribution >= 0.6 is 0 Å². The van der Waals surface area contributed by atoms with Gasteiger partial charge in [0.15, 0.2) is 17.1 Å². The highest BCUT2D eigenvalue weighted by Crippen LogP contribution is 2.23. The Labute approximate surface area is 171 Å². The Morgan fingerprint density at radius 2 is 2.00 bits per heavy atom. The maximum Gasteiger partial charge on any atom is 0.249 e. The van der Waals surface area contributed by atoms with Crippen molar-refractivity contribution in [1.82, 2.24) is 34.5 Å². The summed E-state index contributed by atoms with van der Waals surface area (Å²) in [7, 11) is 0. The van der Waals surface area contributed by atoms with E-state index >= 15 is 0 Å². The van der Waals surface area contributed by atoms with Gasteiger partial charge in [-0.2, -0.15) is 10.1 Å². The monoisotopic (exact) mass is 408 g/mol. The highest BCUT2D eigenvalue weighted by Gasteiger charge is 2.22. The Balaban J connectivity index is 1.48. The lowest BCUT2D eigenvalue weighted by Crippen LogP contribution is -2.37. The number of aryl methyl sites for hydroxylation is 2. The van der Waals surface area contributed by atoms with Gasteiger partial charge in [0.05, 0.1) is 23.5 Å². The highest BCUT2D eigenvalue weighted by molar-refractivity contribution is 5.91. The number of carbonyl (C=O) groups is 1. The van der Waals surface area contributed by atoms with Gasteiger partial charge in [0.25, 0.3) is 0 Å². The molecule has 0 aromatic carbocycles. The number of fused-ring (bicyclic) bond motifs is 2. The summed E-state index contributed by atoms with van der Waals surface area (Å²) >= 11 is 0. The van der Waals surface area contributed by atoms with E-state index in [-0.39, 0.29) is 23.4 Å². The summed E-state index contributed by atoms with van der Waals surface area (Å²) in [5, 5.41) is 14.7. The minimum atomic E-state index is -0.541. The van der Waals surface area contributed by atoms with Crippen LogP contribution in [0.3, 0.4) is 0 Å². The topological polar surface area (TPSA) is 102 Å². The first-order valence-corrected chi connectivity index (χ1v) is 9.89. The minimum Gasteiger partial charge on any atom is -0.316 e. The second-order valence-corrected chi connectivity index (χ2v) is 7.68. The predicted molar refractivity (Wildman–Crippen MR) is 109 cm³/mol. The largest absolute Gasteiger partial charge is 0.316 e. The van der Waals surface area contributed by atoms with Crippen molar-refractivity contribution in [2.45, 2.75) is 26.7 Å². The predicted octanol–water partition coefficient (Wildman–Crippen LogP) is 2.13. The van der Waals surface area contributed by atoms with E-state index in [1.54, 1.807) is 10.7 Å². The van der Waals surface area contributed by atoms with Crippen molar-refractivity contribution in [2.24, 2.45) is 5.92 Å². The second kappa shape index (κ2) is 7.13. The average molecular weight is 408 g/mol. The summed E-state index contributed by atoms with van der Waals surface area (Å²) in [6.07, 6.45) is 5.23. The number of pyridine rings is 1. The molecule has 0 radical (unpaired) electrons. The first-order chi connectivity index (χ1) is 14.5. The zero-order valence-corrected chi connectivity index (χ0v) is 16.7. The number of rotatable bonds is 3. The van der Waals surface area contributed by atoms with Crippen LogP contribution in [-0.2, 0) is 4.79 Å². The molecule has 1 aliphatic rings. The molecule has 9 nitrogen and oxygen atoms in total. The van der Waals surface area contributed by atoms with Gasteiger partial charge in [0.2, 0.25) is 11.9 Å². The van der Waals surface area contributed by atoms with Crippen LogP contribution in [0.4, 0.5) is 10.3 Å². The summed E-state index contributed by atoms with van der Waals surface area (Å²) in [5.41, 5.74) is 3.74. The lowest BCUT2D eigenvalue weighted by molar-refractivity contribution is -0.120. The van der Waals surface area contributed by atoms with Gasteiger partial charge in [0.1, 0.15) is 0 Å². The van der Waals surface area contributed by atoms with Crippen LogP contribution in [0.5, 0.6) is 0 Å². The number of halogens is 1. The smallest absolute Gasteiger partial charge is 0.249 e. The maximum atomic E-state index is 14.8. The lowest BCUT2D eigenvalue weighted by Gasteiger charge is -2.20. The van der Waals surface area contributed by atoms with Crippen LogP contribution in [-0.4, -0.2) is 48.2 Å². The molecule has 5 heterocycles. The van der Waals surface area contributed by atoms with Crippen LogP contribution in [0.2, 0.25) is 0 Å². The third-order valence-corrected chi connectivity index (χ3v) is 5.32. The molecular weight excluding hydrogens is 387 g/mol. The van der Waals surface area contributed by atoms with Crippen molar-refractivity contribution >= 4 is 23.1 Å². The van der Waals surface area contributed by atoms with E-state index in [9.17, 15) is 9.18 Å². The molecule has 1 amide bonds. The second-order valence-electron chi connectivity index (χ2n) is 7.68. The minimum absolute atomic E-state index is 0.0482. The fourth-order valence-corrected chi connectivity index (χ4v) is 3.81. The number of nitrogens with zero attached hydrogens (tertiary/aromatic N) is 6. The van der Waals surface area contributed by atoms with Gasteiger partial charge in [0, 0.05) is 18.3 Å². The lowest BCUT2D eigenvalue weighted by atomic mass is 9.99. The molecule has 1 aliphatic heterocycles. The standard InChI is InChI=1S/C20H21FN8O/c1-11-6-16(26-28-9-12(2)23-17(11)28)14-7-15(21)18-24-20(27-29(18)10-14)25-19(30)13-4-3-5-22-8-13/h6-7,9-10,13,22H,3-5,8H2,1-2H3,(H,25,27,30)/t13-/m0/s1. The molecule has 0 bridgehead atoms. The molecule has 1 fully saturated rings. The highest BCUT2D eigenvalue weighted by atomic mass is 19.1. The van der Waals surface area contributed by atoms with E-state index in [1.807, 2.05) is 26.1 Å². The van der Waals surface area contributed by atoms with Crippen LogP contribution in [0, 0.1) is 25.6 Å². The fraction of sp³-hybridized carbons (Fsp3) is 0.350. The molecule has 4 aromatic rings. The summed E-state index contributed by atoms with van der Waals surface area (Å²) in [6.45, 7) is 5.38. The number of imidazole rings is 1. The molecule has 5 rings (SSSR count). The summed E-state index contributed by atoms with van der Waals surface area (Å²) < 4.78 is 17.8. The van der Waals surface area contributed by atoms with E-state index in [1.165, 1.54) is 10.6 Å². The summed E-state index contributed by atoms with van der Waals surface area (Å²) in [6, 6.07) is 3.23. The summed E-state index contributed by atoms with van der Waals surface area (Å²) in [5.74, 6) is -0.743. The SMILES string of the molecule is Cc1cn2nc(-c3cc(F)c4nc(NC(=O)[C@H]5CCCNC5)nn4c3)cc(C)c2n1. The normalized spacial score (nSPS) is 17.0. The zero-order valence-electron chi connectivity index (χ0n) is 16.7. The van der Waals surface area contributed by atoms with Gasteiger partial charge in [-0.1, -0.05) is 0 Å². The fourth-order valence-electron chi connectivity index (χ4n) is 3.81. The number of hydrogen-bond acceptors (Lipinski definition) is 6. The van der Waals surface area contributed by atoms with Gasteiger partial charge in [-0.25, -0.2) is 18.4 Å². The molecule has 0 spiro atoms. The van der Waals surface area contributed by atoms with E-state index in [0.717, 1.165) is 36.3 Å². The molecule has 10 heteroatoms. The van der Waals surface area contributed by atoms with Crippen molar-refractivity contribution in [2.75, 3.05) is 18.4 Å². The molecule has 1 saturated heterocycles. The average Bonchev–Trinajstić information content (AvgIpc) is 3.31. The molecule has 0 aliphatic carbocycles. The Morgan fingerprint density at radius 3 is 2.80 bits per heavy atom. The number of hydrogen-bond donors (Lipinski definition) is 2. The third kappa shape index (κ3) is 3.28. The van der Waals surface area contributed by atoms with Crippen molar-refractivity contribution in [3.05, 3.63) is 41.6 Å². The van der Waals surface area contributed by atoms with Gasteiger partial charge in [-0.05, 0) is 50.9 Å². The van der Waals surface area contributed by atoms with E-state index in [4.69, 9.17) is 0 Å².